The Balaban J connectivity index is 1.38. The Labute approximate surface area is 232 Å². The number of morpholine rings is 1. The number of hydrogen-bond donors (Lipinski definition) is 1. The highest BCUT2D eigenvalue weighted by Gasteiger charge is 2.31. The second-order valence-electron chi connectivity index (χ2n) is 9.70. The summed E-state index contributed by atoms with van der Waals surface area (Å²) in [5, 5.41) is 13.9. The molecule has 214 valence electrons. The summed E-state index contributed by atoms with van der Waals surface area (Å²) < 4.78 is 60.0. The highest BCUT2D eigenvalue weighted by molar-refractivity contribution is 5.94. The molecule has 3 aromatic rings. The topological polar surface area (TPSA) is 103 Å². The molecule has 2 aliphatic rings. The standard InChI is InChI=1S/C28H26F4N6O3/c29-23-15-19(16-33)3-6-21(23)25(39)36-10-8-24-22(17-36)26(40)38(37-11-13-41-14-12-37)27(35-24)34-9-7-18-1-4-20(5-2-18)28(30,31)32/h1-6,15H,7-14,17H2,(H,34,35). The third kappa shape index (κ3) is 6.02. The number of ether oxygens (including phenoxy) is 1. The van der Waals surface area contributed by atoms with Gasteiger partial charge in [-0.2, -0.15) is 23.1 Å². The zero-order chi connectivity index (χ0) is 29.1. The fraction of sp³-hybridized carbons (Fsp3) is 0.357. The molecule has 2 aliphatic heterocycles. The molecular formula is C28H26F4N6O3. The van der Waals surface area contributed by atoms with Crippen LogP contribution in [-0.2, 0) is 30.3 Å². The second kappa shape index (κ2) is 11.6. The van der Waals surface area contributed by atoms with Gasteiger partial charge in [-0.3, -0.25) is 9.59 Å². The lowest BCUT2D eigenvalue weighted by atomic mass is 10.0. The van der Waals surface area contributed by atoms with Crippen LogP contribution < -0.4 is 15.9 Å². The molecule has 1 aromatic heterocycles. The number of carbonyl (C=O) groups excluding carboxylic acids is 1. The Morgan fingerprint density at radius 1 is 1.10 bits per heavy atom. The van der Waals surface area contributed by atoms with Gasteiger partial charge in [-0.05, 0) is 42.3 Å². The average molecular weight is 571 g/mol. The Hall–Kier alpha value is -4.44. The number of alkyl halides is 3. The van der Waals surface area contributed by atoms with Crippen LogP contribution in [0.1, 0.15) is 38.3 Å². The number of nitriles is 1. The van der Waals surface area contributed by atoms with Gasteiger partial charge in [0.15, 0.2) is 0 Å². The van der Waals surface area contributed by atoms with Crippen LogP contribution in [0.15, 0.2) is 47.3 Å². The van der Waals surface area contributed by atoms with E-state index < -0.39 is 23.5 Å². The maximum Gasteiger partial charge on any atom is 0.416 e. The molecule has 41 heavy (non-hydrogen) atoms. The van der Waals surface area contributed by atoms with Gasteiger partial charge in [-0.25, -0.2) is 9.37 Å². The smallest absolute Gasteiger partial charge is 0.378 e. The molecule has 0 radical (unpaired) electrons. The van der Waals surface area contributed by atoms with Gasteiger partial charge < -0.3 is 20.0 Å². The minimum absolute atomic E-state index is 0.0599. The maximum absolute atomic E-state index is 14.5. The third-order valence-corrected chi connectivity index (χ3v) is 7.07. The van der Waals surface area contributed by atoms with Crippen molar-refractivity contribution in [2.75, 3.05) is 49.7 Å². The van der Waals surface area contributed by atoms with Crippen molar-refractivity contribution in [3.63, 3.8) is 0 Å². The zero-order valence-electron chi connectivity index (χ0n) is 21.9. The summed E-state index contributed by atoms with van der Waals surface area (Å²) in [5.41, 5.74) is 0.342. The number of nitrogens with zero attached hydrogens (tertiary/aromatic N) is 5. The number of hydrogen-bond acceptors (Lipinski definition) is 7. The van der Waals surface area contributed by atoms with E-state index >= 15 is 0 Å². The molecule has 3 heterocycles. The number of nitrogens with one attached hydrogen (secondary N) is 1. The summed E-state index contributed by atoms with van der Waals surface area (Å²) in [5.74, 6) is -1.11. The summed E-state index contributed by atoms with van der Waals surface area (Å²) in [4.78, 5) is 33.0. The van der Waals surface area contributed by atoms with Crippen LogP contribution in [0.2, 0.25) is 0 Å². The molecule has 0 saturated carbocycles. The lowest BCUT2D eigenvalue weighted by Crippen LogP contribution is -2.52. The summed E-state index contributed by atoms with van der Waals surface area (Å²) >= 11 is 0. The highest BCUT2D eigenvalue weighted by atomic mass is 19.4. The number of halogens is 4. The second-order valence-corrected chi connectivity index (χ2v) is 9.70. The molecule has 1 N–H and O–H groups in total. The van der Waals surface area contributed by atoms with Crippen molar-refractivity contribution in [1.29, 1.82) is 5.26 Å². The van der Waals surface area contributed by atoms with Crippen molar-refractivity contribution in [2.45, 2.75) is 25.6 Å². The predicted octanol–water partition coefficient (Wildman–Crippen LogP) is 3.09. The normalized spacial score (nSPS) is 15.3. The SMILES string of the molecule is N#Cc1ccc(C(=O)N2CCc3nc(NCCc4ccc(C(F)(F)F)cc4)n(N4CCOCC4)c(=O)c3C2)c(F)c1. The third-order valence-electron chi connectivity index (χ3n) is 7.07. The van der Waals surface area contributed by atoms with Gasteiger partial charge in [0.25, 0.3) is 11.5 Å². The van der Waals surface area contributed by atoms with E-state index in [4.69, 9.17) is 15.0 Å². The van der Waals surface area contributed by atoms with Crippen molar-refractivity contribution in [1.82, 2.24) is 14.6 Å². The Morgan fingerprint density at radius 3 is 2.49 bits per heavy atom. The molecule has 0 bridgehead atoms. The number of rotatable bonds is 6. The van der Waals surface area contributed by atoms with Crippen LogP contribution in [-0.4, -0.2) is 59.9 Å². The van der Waals surface area contributed by atoms with E-state index in [1.54, 1.807) is 5.01 Å². The molecule has 0 unspecified atom stereocenters. The van der Waals surface area contributed by atoms with E-state index in [1.165, 1.54) is 33.8 Å². The molecule has 1 fully saturated rings. The van der Waals surface area contributed by atoms with E-state index in [-0.39, 0.29) is 36.2 Å². The van der Waals surface area contributed by atoms with Gasteiger partial charge in [-0.1, -0.05) is 12.1 Å². The predicted molar refractivity (Wildman–Crippen MR) is 140 cm³/mol. The van der Waals surface area contributed by atoms with Crippen LogP contribution in [0.5, 0.6) is 0 Å². The zero-order valence-corrected chi connectivity index (χ0v) is 21.9. The number of anilines is 1. The Morgan fingerprint density at radius 2 is 1.83 bits per heavy atom. The van der Waals surface area contributed by atoms with Crippen molar-refractivity contribution >= 4 is 11.9 Å². The summed E-state index contributed by atoms with van der Waals surface area (Å²) in [6, 6.07) is 10.4. The molecule has 0 spiro atoms. The lowest BCUT2D eigenvalue weighted by Gasteiger charge is -2.34. The van der Waals surface area contributed by atoms with Crippen LogP contribution in [0.4, 0.5) is 23.5 Å². The van der Waals surface area contributed by atoms with Crippen LogP contribution in [0.3, 0.4) is 0 Å². The van der Waals surface area contributed by atoms with Crippen LogP contribution in [0, 0.1) is 17.1 Å². The van der Waals surface area contributed by atoms with Gasteiger partial charge in [0.05, 0.1) is 66.9 Å². The quantitative estimate of drug-likeness (QED) is 0.455. The number of fused-ring (bicyclic) bond motifs is 1. The van der Waals surface area contributed by atoms with Crippen molar-refractivity contribution in [3.8, 4) is 6.07 Å². The molecule has 0 atom stereocenters. The van der Waals surface area contributed by atoms with Gasteiger partial charge >= 0.3 is 6.18 Å². The first-order valence-electron chi connectivity index (χ1n) is 13.0. The van der Waals surface area contributed by atoms with Crippen molar-refractivity contribution in [2.24, 2.45) is 0 Å². The first-order valence-corrected chi connectivity index (χ1v) is 13.0. The maximum atomic E-state index is 14.5. The fourth-order valence-corrected chi connectivity index (χ4v) is 4.88. The number of amides is 1. The Kier molecular flexibility index (Phi) is 7.94. The van der Waals surface area contributed by atoms with Gasteiger partial charge in [0.1, 0.15) is 5.82 Å². The minimum Gasteiger partial charge on any atom is -0.378 e. The minimum atomic E-state index is -4.41. The first-order chi connectivity index (χ1) is 19.7. The summed E-state index contributed by atoms with van der Waals surface area (Å²) in [7, 11) is 0. The van der Waals surface area contributed by atoms with E-state index in [2.05, 4.69) is 5.32 Å². The van der Waals surface area contributed by atoms with Gasteiger partial charge in [0, 0.05) is 19.5 Å². The number of carbonyl (C=O) groups is 1. The summed E-state index contributed by atoms with van der Waals surface area (Å²) in [6.07, 6.45) is -3.74. The Bertz CT molecular complexity index is 1540. The molecule has 1 saturated heterocycles. The van der Waals surface area contributed by atoms with Crippen LogP contribution in [0.25, 0.3) is 0 Å². The average Bonchev–Trinajstić information content (AvgIpc) is 2.97. The van der Waals surface area contributed by atoms with Crippen molar-refractivity contribution in [3.05, 3.63) is 92.1 Å². The molecule has 2 aromatic carbocycles. The van der Waals surface area contributed by atoms with E-state index in [1.807, 2.05) is 6.07 Å². The molecule has 1 amide bonds. The van der Waals surface area contributed by atoms with E-state index in [0.29, 0.717) is 62.0 Å². The van der Waals surface area contributed by atoms with Crippen molar-refractivity contribution < 1.29 is 27.1 Å². The molecule has 13 heteroatoms. The number of benzene rings is 2. The molecule has 5 rings (SSSR count). The molecular weight excluding hydrogens is 544 g/mol. The molecule has 9 nitrogen and oxygen atoms in total. The highest BCUT2D eigenvalue weighted by Crippen LogP contribution is 2.29. The lowest BCUT2D eigenvalue weighted by molar-refractivity contribution is -0.137. The van der Waals surface area contributed by atoms with E-state index in [0.717, 1.165) is 18.2 Å². The molecule has 0 aliphatic carbocycles. The van der Waals surface area contributed by atoms with Gasteiger partial charge in [-0.15, -0.1) is 0 Å². The van der Waals surface area contributed by atoms with E-state index in [9.17, 15) is 27.2 Å². The number of aromatic nitrogens is 2. The monoisotopic (exact) mass is 570 g/mol. The van der Waals surface area contributed by atoms with Gasteiger partial charge in [0.2, 0.25) is 5.95 Å². The summed E-state index contributed by atoms with van der Waals surface area (Å²) in [6.45, 7) is 2.11. The fourth-order valence-electron chi connectivity index (χ4n) is 4.88. The first kappa shape index (κ1) is 28.1. The van der Waals surface area contributed by atoms with Crippen LogP contribution >= 0.6 is 0 Å². The largest absolute Gasteiger partial charge is 0.416 e.